The van der Waals surface area contributed by atoms with Gasteiger partial charge in [0.1, 0.15) is 5.82 Å². The largest absolute Gasteiger partial charge is 0.352 e. The molecule has 1 aromatic rings. The molecule has 2 unspecified atom stereocenters. The quantitative estimate of drug-likeness (QED) is 0.892. The van der Waals surface area contributed by atoms with Crippen LogP contribution in [0, 0.1) is 13.8 Å². The minimum atomic E-state index is 0.516. The van der Waals surface area contributed by atoms with Crippen molar-refractivity contribution in [1.82, 2.24) is 4.98 Å². The third kappa shape index (κ3) is 2.50. The van der Waals surface area contributed by atoms with Crippen LogP contribution in [-0.2, 0) is 6.54 Å². The van der Waals surface area contributed by atoms with Crippen LogP contribution < -0.4 is 10.6 Å². The van der Waals surface area contributed by atoms with Gasteiger partial charge in [-0.15, -0.1) is 0 Å². The summed E-state index contributed by atoms with van der Waals surface area (Å²) in [6, 6.07) is 2.64. The van der Waals surface area contributed by atoms with Crippen molar-refractivity contribution in [1.29, 1.82) is 0 Å². The second-order valence-electron chi connectivity index (χ2n) is 5.10. The van der Waals surface area contributed by atoms with E-state index in [0.717, 1.165) is 18.1 Å². The molecule has 2 N–H and O–H groups in total. The fourth-order valence-electron chi connectivity index (χ4n) is 2.57. The Morgan fingerprint density at radius 3 is 2.83 bits per heavy atom. The molecule has 0 aromatic carbocycles. The van der Waals surface area contributed by atoms with Crippen molar-refractivity contribution in [2.24, 2.45) is 5.73 Å². The topological polar surface area (TPSA) is 42.1 Å². The Morgan fingerprint density at radius 2 is 2.17 bits per heavy atom. The van der Waals surface area contributed by atoms with E-state index in [0.29, 0.717) is 17.8 Å². The molecule has 0 spiro atoms. The number of aryl methyl sites for hydroxylation is 2. The van der Waals surface area contributed by atoms with Crippen molar-refractivity contribution in [3.8, 4) is 0 Å². The zero-order valence-electron chi connectivity index (χ0n) is 11.7. The first-order valence-corrected chi connectivity index (χ1v) is 7.65. The molecule has 0 bridgehead atoms. The Bertz CT molecular complexity index is 433. The van der Waals surface area contributed by atoms with E-state index in [1.165, 1.54) is 16.9 Å². The Kier molecular flexibility index (Phi) is 4.17. The van der Waals surface area contributed by atoms with E-state index in [9.17, 15) is 0 Å². The number of hydrogen-bond acceptors (Lipinski definition) is 4. The van der Waals surface area contributed by atoms with Crippen LogP contribution in [0.4, 0.5) is 5.82 Å². The molecule has 0 aliphatic carbocycles. The van der Waals surface area contributed by atoms with Gasteiger partial charge in [0.05, 0.1) is 0 Å². The minimum absolute atomic E-state index is 0.516. The highest BCUT2D eigenvalue weighted by Crippen LogP contribution is 2.31. The number of hydrogen-bond donors (Lipinski definition) is 1. The molecule has 2 atom stereocenters. The van der Waals surface area contributed by atoms with Gasteiger partial charge in [-0.3, -0.25) is 0 Å². The summed E-state index contributed by atoms with van der Waals surface area (Å²) in [4.78, 5) is 7.18. The molecule has 1 aliphatic rings. The van der Waals surface area contributed by atoms with Gasteiger partial charge in [-0.25, -0.2) is 4.98 Å². The lowest BCUT2D eigenvalue weighted by molar-refractivity contribution is 0.616. The van der Waals surface area contributed by atoms with Crippen molar-refractivity contribution < 1.29 is 0 Å². The van der Waals surface area contributed by atoms with Gasteiger partial charge in [0.15, 0.2) is 0 Å². The van der Waals surface area contributed by atoms with E-state index in [-0.39, 0.29) is 0 Å². The fraction of sp³-hybridized carbons (Fsp3) is 0.643. The van der Waals surface area contributed by atoms with Crippen LogP contribution in [0.2, 0.25) is 0 Å². The summed E-state index contributed by atoms with van der Waals surface area (Å²) in [5.74, 6) is 2.28. The molecule has 1 aromatic heterocycles. The first-order chi connectivity index (χ1) is 8.54. The number of aromatic nitrogens is 1. The maximum atomic E-state index is 5.92. The molecule has 4 heteroatoms. The normalized spacial score (nSPS) is 24.4. The molecular formula is C14H23N3S. The van der Waals surface area contributed by atoms with Gasteiger partial charge < -0.3 is 10.6 Å². The van der Waals surface area contributed by atoms with E-state index in [1.54, 1.807) is 0 Å². The van der Waals surface area contributed by atoms with Crippen molar-refractivity contribution in [2.45, 2.75) is 45.5 Å². The predicted molar refractivity (Wildman–Crippen MR) is 80.3 cm³/mol. The molecule has 0 radical (unpaired) electrons. The first-order valence-electron chi connectivity index (χ1n) is 6.60. The van der Waals surface area contributed by atoms with Crippen molar-refractivity contribution >= 4 is 17.6 Å². The summed E-state index contributed by atoms with van der Waals surface area (Å²) in [7, 11) is 0. The van der Waals surface area contributed by atoms with Crippen molar-refractivity contribution in [3.05, 3.63) is 22.9 Å². The Balaban J connectivity index is 2.43. The van der Waals surface area contributed by atoms with Crippen LogP contribution in [-0.4, -0.2) is 28.6 Å². The number of nitrogens with zero attached hydrogens (tertiary/aromatic N) is 2. The zero-order chi connectivity index (χ0) is 13.3. The lowest BCUT2D eigenvalue weighted by atomic mass is 10.1. The van der Waals surface area contributed by atoms with Crippen LogP contribution in [0.1, 0.15) is 30.7 Å². The highest BCUT2D eigenvalue weighted by Gasteiger charge is 2.28. The average Bonchev–Trinajstić information content (AvgIpc) is 2.32. The Labute approximate surface area is 114 Å². The third-order valence-electron chi connectivity index (χ3n) is 3.81. The molecule has 3 nitrogen and oxygen atoms in total. The summed E-state index contributed by atoms with van der Waals surface area (Å²) >= 11 is 2.05. The first kappa shape index (κ1) is 13.7. The van der Waals surface area contributed by atoms with E-state index >= 15 is 0 Å². The number of rotatable bonds is 2. The zero-order valence-corrected chi connectivity index (χ0v) is 12.5. The lowest BCUT2D eigenvalue weighted by Crippen LogP contribution is -2.45. The average molecular weight is 265 g/mol. The summed E-state index contributed by atoms with van der Waals surface area (Å²) in [5, 5.41) is 0.645. The number of anilines is 1. The molecular weight excluding hydrogens is 242 g/mol. The van der Waals surface area contributed by atoms with E-state index in [2.05, 4.69) is 38.7 Å². The van der Waals surface area contributed by atoms with E-state index < -0.39 is 0 Å². The molecule has 0 amide bonds. The van der Waals surface area contributed by atoms with Crippen LogP contribution >= 0.6 is 11.8 Å². The molecule has 1 fully saturated rings. The Hall–Kier alpha value is -0.740. The van der Waals surface area contributed by atoms with Gasteiger partial charge in [-0.05, 0) is 32.4 Å². The lowest BCUT2D eigenvalue weighted by Gasteiger charge is -2.39. The molecule has 0 saturated carbocycles. The van der Waals surface area contributed by atoms with Gasteiger partial charge in [0.2, 0.25) is 0 Å². The number of pyridine rings is 1. The Morgan fingerprint density at radius 1 is 1.44 bits per heavy atom. The van der Waals surface area contributed by atoms with Crippen LogP contribution in [0.3, 0.4) is 0 Å². The van der Waals surface area contributed by atoms with Crippen LogP contribution in [0.25, 0.3) is 0 Å². The number of thioether (sulfide) groups is 1. The van der Waals surface area contributed by atoms with Gasteiger partial charge in [-0.2, -0.15) is 11.8 Å². The van der Waals surface area contributed by atoms with Crippen LogP contribution in [0.15, 0.2) is 6.07 Å². The monoisotopic (exact) mass is 265 g/mol. The highest BCUT2D eigenvalue weighted by atomic mass is 32.2. The van der Waals surface area contributed by atoms with Gasteiger partial charge in [-0.1, -0.05) is 6.92 Å². The standard InChI is InChI=1S/C14H23N3S/c1-9-7-10(2)16-14(13(9)8-15)17-5-6-18-12(4)11(17)3/h7,11-12H,5-6,8,15H2,1-4H3. The molecule has 1 aliphatic heterocycles. The smallest absolute Gasteiger partial charge is 0.133 e. The molecule has 2 rings (SSSR count). The summed E-state index contributed by atoms with van der Waals surface area (Å²) in [6.07, 6.45) is 0. The predicted octanol–water partition coefficient (Wildman–Crippen LogP) is 2.49. The van der Waals surface area contributed by atoms with E-state index in [4.69, 9.17) is 10.7 Å². The van der Waals surface area contributed by atoms with Crippen molar-refractivity contribution in [2.75, 3.05) is 17.2 Å². The van der Waals surface area contributed by atoms with Crippen LogP contribution in [0.5, 0.6) is 0 Å². The maximum Gasteiger partial charge on any atom is 0.133 e. The molecule has 2 heterocycles. The number of nitrogens with two attached hydrogens (primary N) is 1. The van der Waals surface area contributed by atoms with Gasteiger partial charge in [0, 0.05) is 41.4 Å². The fourth-order valence-corrected chi connectivity index (χ4v) is 3.66. The van der Waals surface area contributed by atoms with Gasteiger partial charge in [0.25, 0.3) is 0 Å². The SMILES string of the molecule is Cc1cc(C)c(CN)c(N2CCSC(C)C2C)n1. The van der Waals surface area contributed by atoms with Gasteiger partial charge >= 0.3 is 0 Å². The molecule has 100 valence electrons. The maximum absolute atomic E-state index is 5.92. The van der Waals surface area contributed by atoms with Crippen molar-refractivity contribution in [3.63, 3.8) is 0 Å². The summed E-state index contributed by atoms with van der Waals surface area (Å²) in [6.45, 7) is 10.4. The molecule has 18 heavy (non-hydrogen) atoms. The highest BCUT2D eigenvalue weighted by molar-refractivity contribution is 8.00. The third-order valence-corrected chi connectivity index (χ3v) is 5.15. The summed E-state index contributed by atoms with van der Waals surface area (Å²) in [5.41, 5.74) is 9.46. The summed E-state index contributed by atoms with van der Waals surface area (Å²) < 4.78 is 0. The second-order valence-corrected chi connectivity index (χ2v) is 6.58. The minimum Gasteiger partial charge on any atom is -0.352 e. The second kappa shape index (κ2) is 5.49. The molecule has 1 saturated heterocycles. The van der Waals surface area contributed by atoms with E-state index in [1.807, 2.05) is 11.8 Å².